The van der Waals surface area contributed by atoms with Crippen molar-refractivity contribution < 1.29 is 0 Å². The van der Waals surface area contributed by atoms with Crippen molar-refractivity contribution in [1.82, 2.24) is 19.6 Å². The van der Waals surface area contributed by atoms with Crippen molar-refractivity contribution in [1.29, 1.82) is 0 Å². The first-order valence-corrected chi connectivity index (χ1v) is 4.30. The van der Waals surface area contributed by atoms with Gasteiger partial charge in [0.25, 0.3) is 11.3 Å². The molecule has 0 amide bonds. The number of rotatable bonds is 1. The van der Waals surface area contributed by atoms with E-state index in [1.54, 1.807) is 13.8 Å². The summed E-state index contributed by atoms with van der Waals surface area (Å²) in [6.07, 6.45) is 0. The minimum atomic E-state index is -0.239. The number of hydrogen-bond acceptors (Lipinski definition) is 4. The molecule has 3 N–H and O–H groups in total. The number of aryl methyl sites for hydroxylation is 1. The minimum absolute atomic E-state index is 0.174. The molecule has 0 aliphatic heterocycles. The molecule has 0 spiro atoms. The van der Waals surface area contributed by atoms with E-state index >= 15 is 0 Å². The Hall–Kier alpha value is -1.69. The van der Waals surface area contributed by atoms with Gasteiger partial charge in [0.05, 0.1) is 6.04 Å². The lowest BCUT2D eigenvalue weighted by Crippen LogP contribution is -2.15. The van der Waals surface area contributed by atoms with Crippen LogP contribution in [0, 0.1) is 6.92 Å². The van der Waals surface area contributed by atoms with Crippen molar-refractivity contribution in [3.05, 3.63) is 27.9 Å². The maximum atomic E-state index is 11.4. The second-order valence-corrected chi connectivity index (χ2v) is 3.27. The number of nitrogens with two attached hydrogens (primary N) is 1. The Labute approximate surface area is 79.8 Å². The molecule has 0 aliphatic rings. The third kappa shape index (κ3) is 1.29. The topological polar surface area (TPSA) is 89.1 Å². The molecule has 2 heterocycles. The monoisotopic (exact) mass is 193 g/mol. The van der Waals surface area contributed by atoms with Gasteiger partial charge < -0.3 is 5.73 Å². The summed E-state index contributed by atoms with van der Waals surface area (Å²) in [4.78, 5) is 19.7. The second kappa shape index (κ2) is 2.91. The zero-order chi connectivity index (χ0) is 10.3. The van der Waals surface area contributed by atoms with E-state index in [4.69, 9.17) is 5.73 Å². The molecule has 74 valence electrons. The molecule has 0 aliphatic carbocycles. The van der Waals surface area contributed by atoms with Crippen molar-refractivity contribution >= 4 is 5.78 Å². The molecule has 2 aromatic rings. The van der Waals surface area contributed by atoms with Crippen molar-refractivity contribution in [3.8, 4) is 0 Å². The van der Waals surface area contributed by atoms with Crippen LogP contribution in [0.25, 0.3) is 5.78 Å². The Kier molecular flexibility index (Phi) is 1.85. The SMILES string of the molecule is Cc1cc(=O)n2[nH]c(C(C)N)nc2n1. The number of hydrogen-bond donors (Lipinski definition) is 2. The molecule has 0 fully saturated rings. The first kappa shape index (κ1) is 8.89. The first-order valence-electron chi connectivity index (χ1n) is 4.30. The molecule has 0 bridgehead atoms. The molecule has 6 nitrogen and oxygen atoms in total. The highest BCUT2D eigenvalue weighted by atomic mass is 16.1. The third-order valence-corrected chi connectivity index (χ3v) is 1.91. The Balaban J connectivity index is 2.77. The third-order valence-electron chi connectivity index (χ3n) is 1.91. The van der Waals surface area contributed by atoms with Gasteiger partial charge in [-0.3, -0.25) is 9.89 Å². The lowest BCUT2D eigenvalue weighted by atomic mass is 10.3. The van der Waals surface area contributed by atoms with E-state index in [0.29, 0.717) is 17.3 Å². The molecule has 1 atom stereocenters. The van der Waals surface area contributed by atoms with Crippen molar-refractivity contribution in [2.24, 2.45) is 5.73 Å². The van der Waals surface area contributed by atoms with Crippen LogP contribution >= 0.6 is 0 Å². The maximum Gasteiger partial charge on any atom is 0.274 e. The van der Waals surface area contributed by atoms with Crippen molar-refractivity contribution in [3.63, 3.8) is 0 Å². The van der Waals surface area contributed by atoms with Gasteiger partial charge in [-0.2, -0.15) is 9.50 Å². The summed E-state index contributed by atoms with van der Waals surface area (Å²) in [6, 6.07) is 1.20. The van der Waals surface area contributed by atoms with Crippen LogP contribution in [0.5, 0.6) is 0 Å². The average Bonchev–Trinajstić information content (AvgIpc) is 2.47. The van der Waals surface area contributed by atoms with Crippen LogP contribution in [-0.2, 0) is 0 Å². The molecule has 0 radical (unpaired) electrons. The van der Waals surface area contributed by atoms with E-state index in [1.165, 1.54) is 10.6 Å². The predicted molar refractivity (Wildman–Crippen MR) is 50.9 cm³/mol. The number of aromatic nitrogens is 4. The fourth-order valence-electron chi connectivity index (χ4n) is 1.21. The Bertz CT molecular complexity index is 524. The van der Waals surface area contributed by atoms with E-state index < -0.39 is 0 Å². The van der Waals surface area contributed by atoms with Gasteiger partial charge in [0.1, 0.15) is 5.82 Å². The highest BCUT2D eigenvalue weighted by Crippen LogP contribution is 2.03. The van der Waals surface area contributed by atoms with E-state index in [-0.39, 0.29) is 11.6 Å². The standard InChI is InChI=1S/C8H11N5O/c1-4-3-6(14)13-8(10-4)11-7(12-13)5(2)9/h3,5H,9H2,1-2H3,(H,10,11,12). The summed E-state index contributed by atoms with van der Waals surface area (Å²) >= 11 is 0. The number of nitrogens with one attached hydrogen (secondary N) is 1. The van der Waals surface area contributed by atoms with Gasteiger partial charge in [-0.15, -0.1) is 0 Å². The highest BCUT2D eigenvalue weighted by Gasteiger charge is 2.08. The number of nitrogens with zero attached hydrogens (tertiary/aromatic N) is 3. The van der Waals surface area contributed by atoms with Gasteiger partial charge in [-0.1, -0.05) is 0 Å². The van der Waals surface area contributed by atoms with Gasteiger partial charge in [-0.05, 0) is 13.8 Å². The maximum absolute atomic E-state index is 11.4. The summed E-state index contributed by atoms with van der Waals surface area (Å²) in [5, 5.41) is 2.80. The quantitative estimate of drug-likeness (QED) is 0.653. The lowest BCUT2D eigenvalue weighted by Gasteiger charge is -1.95. The molecule has 0 saturated heterocycles. The number of H-pyrrole nitrogens is 1. The van der Waals surface area contributed by atoms with E-state index in [0.717, 1.165) is 0 Å². The van der Waals surface area contributed by atoms with Crippen LogP contribution in [0.4, 0.5) is 0 Å². The fraction of sp³-hybridized carbons (Fsp3) is 0.375. The highest BCUT2D eigenvalue weighted by molar-refractivity contribution is 5.28. The van der Waals surface area contributed by atoms with Gasteiger partial charge >= 0.3 is 0 Å². The lowest BCUT2D eigenvalue weighted by molar-refractivity contribution is 0.729. The Morgan fingerprint density at radius 1 is 1.57 bits per heavy atom. The normalized spacial score (nSPS) is 13.4. The van der Waals surface area contributed by atoms with Gasteiger partial charge in [0.15, 0.2) is 0 Å². The molecule has 6 heteroatoms. The summed E-state index contributed by atoms with van der Waals surface area (Å²) in [5.41, 5.74) is 6.11. The van der Waals surface area contributed by atoms with Crippen LogP contribution in [0.3, 0.4) is 0 Å². The summed E-state index contributed by atoms with van der Waals surface area (Å²) < 4.78 is 1.28. The van der Waals surface area contributed by atoms with E-state index in [9.17, 15) is 4.79 Å². The number of aromatic amines is 1. The molecule has 2 aromatic heterocycles. The van der Waals surface area contributed by atoms with Gasteiger partial charge in [0.2, 0.25) is 0 Å². The van der Waals surface area contributed by atoms with Crippen molar-refractivity contribution in [2.45, 2.75) is 19.9 Å². The van der Waals surface area contributed by atoms with Crippen LogP contribution in [-0.4, -0.2) is 19.6 Å². The van der Waals surface area contributed by atoms with Gasteiger partial charge in [0, 0.05) is 11.8 Å². The van der Waals surface area contributed by atoms with Gasteiger partial charge in [-0.25, -0.2) is 4.98 Å². The second-order valence-electron chi connectivity index (χ2n) is 3.27. The summed E-state index contributed by atoms with van der Waals surface area (Å²) in [5.74, 6) is 0.919. The minimum Gasteiger partial charge on any atom is -0.322 e. The smallest absolute Gasteiger partial charge is 0.274 e. The molecule has 0 saturated carbocycles. The fourth-order valence-corrected chi connectivity index (χ4v) is 1.21. The molecule has 1 unspecified atom stereocenters. The molecular formula is C8H11N5O. The zero-order valence-electron chi connectivity index (χ0n) is 7.98. The predicted octanol–water partition coefficient (Wildman–Crippen LogP) is -0.254. The van der Waals surface area contributed by atoms with E-state index in [1.807, 2.05) is 0 Å². The Morgan fingerprint density at radius 3 is 2.93 bits per heavy atom. The first-order chi connectivity index (χ1) is 6.58. The van der Waals surface area contributed by atoms with Crippen molar-refractivity contribution in [2.75, 3.05) is 0 Å². The van der Waals surface area contributed by atoms with Crippen LogP contribution in [0.1, 0.15) is 24.5 Å². The molecule has 2 rings (SSSR count). The zero-order valence-corrected chi connectivity index (χ0v) is 7.98. The molecule has 14 heavy (non-hydrogen) atoms. The summed E-state index contributed by atoms with van der Waals surface area (Å²) in [7, 11) is 0. The average molecular weight is 193 g/mol. The van der Waals surface area contributed by atoms with Crippen LogP contribution in [0.2, 0.25) is 0 Å². The largest absolute Gasteiger partial charge is 0.322 e. The molecule has 0 aromatic carbocycles. The van der Waals surface area contributed by atoms with Crippen LogP contribution in [0.15, 0.2) is 10.9 Å². The Morgan fingerprint density at radius 2 is 2.29 bits per heavy atom. The number of fused-ring (bicyclic) bond motifs is 1. The van der Waals surface area contributed by atoms with Crippen LogP contribution < -0.4 is 11.3 Å². The summed E-state index contributed by atoms with van der Waals surface area (Å²) in [6.45, 7) is 3.54. The molecular weight excluding hydrogens is 182 g/mol. The van der Waals surface area contributed by atoms with E-state index in [2.05, 4.69) is 15.1 Å².